The molecule has 1 unspecified atom stereocenters. The van der Waals surface area contributed by atoms with Crippen LogP contribution in [0, 0.1) is 0 Å². The monoisotopic (exact) mass is 506 g/mol. The SMILES string of the molecule is OC(COCc1cccc(Oc2ccc(Cl)cc2)c1)(c1ccc(OC(F)(F)F)cc1)C(F)(F)F. The Morgan fingerprint density at radius 2 is 1.38 bits per heavy atom. The van der Waals surface area contributed by atoms with Crippen molar-refractivity contribution in [1.82, 2.24) is 0 Å². The molecule has 3 aromatic carbocycles. The number of hydrogen-bond donors (Lipinski definition) is 1. The lowest BCUT2D eigenvalue weighted by Crippen LogP contribution is -2.46. The van der Waals surface area contributed by atoms with Crippen LogP contribution in [0.4, 0.5) is 26.3 Å². The van der Waals surface area contributed by atoms with E-state index >= 15 is 0 Å². The maximum Gasteiger partial charge on any atom is 0.573 e. The summed E-state index contributed by atoms with van der Waals surface area (Å²) in [5.74, 6) is 0.167. The number of aliphatic hydroxyl groups is 1. The Kier molecular flexibility index (Phi) is 7.64. The third kappa shape index (κ3) is 6.78. The Labute approximate surface area is 195 Å². The molecule has 0 aliphatic carbocycles. The summed E-state index contributed by atoms with van der Waals surface area (Å²) in [5.41, 5.74) is -3.69. The molecule has 0 heterocycles. The molecule has 0 bridgehead atoms. The van der Waals surface area contributed by atoms with Gasteiger partial charge in [-0.15, -0.1) is 13.2 Å². The fourth-order valence-electron chi connectivity index (χ4n) is 2.92. The van der Waals surface area contributed by atoms with Crippen LogP contribution in [0.25, 0.3) is 0 Å². The lowest BCUT2D eigenvalue weighted by molar-refractivity contribution is -0.283. The number of rotatable bonds is 8. The topological polar surface area (TPSA) is 47.9 Å². The maximum absolute atomic E-state index is 13.7. The van der Waals surface area contributed by atoms with Crippen LogP contribution in [0.5, 0.6) is 17.2 Å². The van der Waals surface area contributed by atoms with Crippen LogP contribution >= 0.6 is 11.6 Å². The smallest absolute Gasteiger partial charge is 0.457 e. The molecule has 3 rings (SSSR count). The molecule has 0 fully saturated rings. The summed E-state index contributed by atoms with van der Waals surface area (Å²) in [6, 6.07) is 15.7. The molecule has 1 atom stereocenters. The summed E-state index contributed by atoms with van der Waals surface area (Å²) in [4.78, 5) is 0. The van der Waals surface area contributed by atoms with E-state index in [9.17, 15) is 31.4 Å². The van der Waals surface area contributed by atoms with Crippen LogP contribution in [0.1, 0.15) is 11.1 Å². The first-order valence-corrected chi connectivity index (χ1v) is 9.99. The second-order valence-electron chi connectivity index (χ2n) is 7.13. The molecule has 34 heavy (non-hydrogen) atoms. The van der Waals surface area contributed by atoms with Gasteiger partial charge in [0.15, 0.2) is 0 Å². The quantitative estimate of drug-likeness (QED) is 0.334. The van der Waals surface area contributed by atoms with Crippen molar-refractivity contribution in [2.45, 2.75) is 24.7 Å². The molecule has 11 heteroatoms. The normalized spacial score (nSPS) is 13.9. The molecule has 0 amide bonds. The van der Waals surface area contributed by atoms with Crippen molar-refractivity contribution in [3.05, 3.63) is 88.9 Å². The summed E-state index contributed by atoms with van der Waals surface area (Å²) in [7, 11) is 0. The Morgan fingerprint density at radius 1 is 0.765 bits per heavy atom. The van der Waals surface area contributed by atoms with E-state index < -0.39 is 36.1 Å². The van der Waals surface area contributed by atoms with Gasteiger partial charge in [-0.1, -0.05) is 35.9 Å². The lowest BCUT2D eigenvalue weighted by Gasteiger charge is -2.30. The Morgan fingerprint density at radius 3 is 1.97 bits per heavy atom. The Balaban J connectivity index is 1.68. The van der Waals surface area contributed by atoms with Gasteiger partial charge in [0.25, 0.3) is 0 Å². The highest BCUT2D eigenvalue weighted by Crippen LogP contribution is 2.40. The first kappa shape index (κ1) is 25.7. The zero-order chi connectivity index (χ0) is 25.0. The van der Waals surface area contributed by atoms with Gasteiger partial charge in [0, 0.05) is 5.02 Å². The van der Waals surface area contributed by atoms with E-state index in [1.807, 2.05) is 0 Å². The Hall–Kier alpha value is -2.95. The van der Waals surface area contributed by atoms with Crippen molar-refractivity contribution in [2.75, 3.05) is 6.61 Å². The number of halogens is 7. The van der Waals surface area contributed by atoms with E-state index in [4.69, 9.17) is 21.1 Å². The van der Waals surface area contributed by atoms with Crippen LogP contribution in [0.2, 0.25) is 5.02 Å². The van der Waals surface area contributed by atoms with E-state index in [1.54, 1.807) is 48.5 Å². The first-order valence-electron chi connectivity index (χ1n) is 9.61. The van der Waals surface area contributed by atoms with Crippen LogP contribution in [0.3, 0.4) is 0 Å². The minimum atomic E-state index is -5.17. The van der Waals surface area contributed by atoms with Crippen molar-refractivity contribution in [3.63, 3.8) is 0 Å². The van der Waals surface area contributed by atoms with Crippen molar-refractivity contribution in [2.24, 2.45) is 0 Å². The zero-order valence-corrected chi connectivity index (χ0v) is 17.9. The van der Waals surface area contributed by atoms with Gasteiger partial charge < -0.3 is 19.3 Å². The molecule has 4 nitrogen and oxygen atoms in total. The first-order chi connectivity index (χ1) is 15.9. The molecule has 0 spiro atoms. The number of alkyl halides is 6. The van der Waals surface area contributed by atoms with Crippen molar-refractivity contribution in [1.29, 1.82) is 0 Å². The van der Waals surface area contributed by atoms with Gasteiger partial charge in [0.2, 0.25) is 5.60 Å². The third-order valence-corrected chi connectivity index (χ3v) is 4.81. The molecule has 0 saturated carbocycles. The molecule has 0 aromatic heterocycles. The molecule has 0 saturated heterocycles. The van der Waals surface area contributed by atoms with E-state index in [0.29, 0.717) is 46.4 Å². The minimum Gasteiger partial charge on any atom is -0.457 e. The fourth-order valence-corrected chi connectivity index (χ4v) is 3.04. The summed E-state index contributed by atoms with van der Waals surface area (Å²) in [5, 5.41) is 10.9. The molecule has 0 aliphatic heterocycles. The van der Waals surface area contributed by atoms with E-state index in [0.717, 1.165) is 0 Å². The molecule has 0 aliphatic rings. The molecule has 0 radical (unpaired) electrons. The molecule has 182 valence electrons. The highest BCUT2D eigenvalue weighted by Gasteiger charge is 2.55. The number of ether oxygens (including phenoxy) is 3. The average molecular weight is 507 g/mol. The average Bonchev–Trinajstić information content (AvgIpc) is 2.74. The van der Waals surface area contributed by atoms with E-state index in [1.165, 1.54) is 0 Å². The molecular formula is C23H17ClF6O4. The van der Waals surface area contributed by atoms with Gasteiger partial charge in [-0.2, -0.15) is 13.2 Å². The standard InChI is InChI=1S/C23H17ClF6O4/c24-17-6-10-18(11-7-17)33-20-3-1-2-15(12-20)13-32-14-21(31,22(25,26)27)16-4-8-19(9-5-16)34-23(28,29)30/h1-12,31H,13-14H2. The van der Waals surface area contributed by atoms with Crippen molar-refractivity contribution in [3.8, 4) is 17.2 Å². The highest BCUT2D eigenvalue weighted by atomic mass is 35.5. The van der Waals surface area contributed by atoms with Gasteiger partial charge in [-0.3, -0.25) is 0 Å². The second kappa shape index (κ2) is 10.1. The number of hydrogen-bond acceptors (Lipinski definition) is 4. The van der Waals surface area contributed by atoms with E-state index in [2.05, 4.69) is 4.74 Å². The van der Waals surface area contributed by atoms with Gasteiger partial charge in [0.1, 0.15) is 17.2 Å². The molecule has 1 N–H and O–H groups in total. The zero-order valence-electron chi connectivity index (χ0n) is 17.2. The Bertz CT molecular complexity index is 1080. The number of benzene rings is 3. The van der Waals surface area contributed by atoms with Gasteiger partial charge in [-0.05, 0) is 59.7 Å². The largest absolute Gasteiger partial charge is 0.573 e. The summed E-state index contributed by atoms with van der Waals surface area (Å²) in [6.07, 6.45) is -10.2. The third-order valence-electron chi connectivity index (χ3n) is 4.56. The van der Waals surface area contributed by atoms with Gasteiger partial charge in [-0.25, -0.2) is 0 Å². The summed E-state index contributed by atoms with van der Waals surface area (Å²) in [6.45, 7) is -1.50. The van der Waals surface area contributed by atoms with Crippen molar-refractivity contribution >= 4 is 11.6 Å². The minimum absolute atomic E-state index is 0.300. The lowest BCUT2D eigenvalue weighted by atomic mass is 9.94. The molecule has 3 aromatic rings. The van der Waals surface area contributed by atoms with Crippen LogP contribution in [-0.4, -0.2) is 24.3 Å². The highest BCUT2D eigenvalue weighted by molar-refractivity contribution is 6.30. The van der Waals surface area contributed by atoms with Gasteiger partial charge in [0.05, 0.1) is 13.2 Å². The van der Waals surface area contributed by atoms with Crippen molar-refractivity contribution < 1.29 is 45.7 Å². The predicted molar refractivity (Wildman–Crippen MR) is 111 cm³/mol. The second-order valence-corrected chi connectivity index (χ2v) is 7.56. The van der Waals surface area contributed by atoms with Crippen LogP contribution < -0.4 is 9.47 Å². The van der Waals surface area contributed by atoms with E-state index in [-0.39, 0.29) is 6.61 Å². The fraction of sp³-hybridized carbons (Fsp3) is 0.217. The predicted octanol–water partition coefficient (Wildman–Crippen LogP) is 7.00. The summed E-state index contributed by atoms with van der Waals surface area (Å²) < 4.78 is 92.2. The van der Waals surface area contributed by atoms with Crippen LogP contribution in [-0.2, 0) is 16.9 Å². The molecular weight excluding hydrogens is 490 g/mol. The van der Waals surface area contributed by atoms with Crippen LogP contribution in [0.15, 0.2) is 72.8 Å². The maximum atomic E-state index is 13.7. The summed E-state index contributed by atoms with van der Waals surface area (Å²) >= 11 is 5.82. The van der Waals surface area contributed by atoms with Gasteiger partial charge >= 0.3 is 12.5 Å².